The first-order chi connectivity index (χ1) is 20.1. The van der Waals surface area contributed by atoms with Crippen LogP contribution in [0.1, 0.15) is 11.3 Å². The highest BCUT2D eigenvalue weighted by Gasteiger charge is 2.42. The van der Waals surface area contributed by atoms with Gasteiger partial charge in [0.1, 0.15) is 17.7 Å². The van der Waals surface area contributed by atoms with Gasteiger partial charge >= 0.3 is 12.3 Å². The van der Waals surface area contributed by atoms with Crippen molar-refractivity contribution in [2.45, 2.75) is 17.2 Å². The second kappa shape index (κ2) is 11.9. The molecule has 4 rings (SSSR count). The fraction of sp³-hybridized carbons (Fsp3) is 0.143. The molecule has 0 spiro atoms. The highest BCUT2D eigenvalue weighted by Crippen LogP contribution is 2.39. The average molecular weight is 621 g/mol. The summed E-state index contributed by atoms with van der Waals surface area (Å²) in [7, 11) is 1.38. The Balaban J connectivity index is 1.86. The molecular formula is C28H25F5N6O3S. The summed E-state index contributed by atoms with van der Waals surface area (Å²) < 4.78 is 84.0. The number of aryl methyl sites for hydroxylation is 1. The van der Waals surface area contributed by atoms with Crippen LogP contribution in [0.2, 0.25) is 0 Å². The van der Waals surface area contributed by atoms with Crippen molar-refractivity contribution < 1.29 is 36.0 Å². The molecule has 0 aliphatic carbocycles. The number of anilines is 1. The molecule has 3 aromatic carbocycles. The molecule has 226 valence electrons. The molecule has 0 bridgehead atoms. The number of hydrogen-bond acceptors (Lipinski definition) is 7. The number of primary amides is 1. The summed E-state index contributed by atoms with van der Waals surface area (Å²) in [6, 6.07) is 17.5. The van der Waals surface area contributed by atoms with E-state index in [1.807, 2.05) is 0 Å². The minimum absolute atomic E-state index is 0.127. The summed E-state index contributed by atoms with van der Waals surface area (Å²) in [5, 5.41) is 4.91. The van der Waals surface area contributed by atoms with E-state index in [0.717, 1.165) is 34.1 Å². The van der Waals surface area contributed by atoms with Crippen LogP contribution in [-0.2, 0) is 28.9 Å². The second-order valence-corrected chi connectivity index (χ2v) is 10.6. The molecule has 0 aliphatic rings. The second-order valence-electron chi connectivity index (χ2n) is 9.19. The summed E-state index contributed by atoms with van der Waals surface area (Å²) in [6.07, 6.45) is -2.24. The van der Waals surface area contributed by atoms with Gasteiger partial charge in [0.15, 0.2) is 4.90 Å². The zero-order valence-corrected chi connectivity index (χ0v) is 23.4. The summed E-state index contributed by atoms with van der Waals surface area (Å²) in [6.45, 7) is 0. The van der Waals surface area contributed by atoms with Gasteiger partial charge in [-0.1, -0.05) is 24.3 Å². The predicted octanol–water partition coefficient (Wildman–Crippen LogP) is 4.60. The van der Waals surface area contributed by atoms with Gasteiger partial charge in [0.2, 0.25) is 0 Å². The zero-order chi connectivity index (χ0) is 31.7. The van der Waals surface area contributed by atoms with Crippen LogP contribution in [0.15, 0.2) is 83.9 Å². The molecule has 0 saturated carbocycles. The Bertz CT molecular complexity index is 1670. The minimum atomic E-state index is -4.89. The molecule has 0 saturated heterocycles. The third-order valence-electron chi connectivity index (χ3n) is 6.34. The van der Waals surface area contributed by atoms with Crippen LogP contribution in [0.4, 0.5) is 27.6 Å². The molecule has 0 aliphatic heterocycles. The van der Waals surface area contributed by atoms with Crippen molar-refractivity contribution in [2.75, 3.05) is 11.3 Å². The maximum atomic E-state index is 14.5. The van der Waals surface area contributed by atoms with Gasteiger partial charge in [0.05, 0.1) is 17.1 Å². The number of halogens is 5. The van der Waals surface area contributed by atoms with Crippen LogP contribution in [-0.4, -0.2) is 32.9 Å². The molecule has 6 N–H and O–H groups in total. The number of ether oxygens (including phenoxy) is 1. The van der Waals surface area contributed by atoms with E-state index in [1.165, 1.54) is 25.4 Å². The van der Waals surface area contributed by atoms with E-state index in [1.54, 1.807) is 42.5 Å². The largest absolute Gasteiger partial charge is 0.612 e. The van der Waals surface area contributed by atoms with Crippen molar-refractivity contribution in [1.82, 2.24) is 9.78 Å². The van der Waals surface area contributed by atoms with Crippen LogP contribution in [0, 0.1) is 0 Å². The molecule has 1 amide bonds. The maximum absolute atomic E-state index is 14.5. The van der Waals surface area contributed by atoms with Crippen LogP contribution in [0.5, 0.6) is 5.75 Å². The van der Waals surface area contributed by atoms with Gasteiger partial charge in [-0.2, -0.15) is 13.9 Å². The Morgan fingerprint density at radius 3 is 2.26 bits per heavy atom. The van der Waals surface area contributed by atoms with Gasteiger partial charge in [-0.25, -0.2) is 5.84 Å². The quantitative estimate of drug-likeness (QED) is 0.107. The molecule has 4 aromatic rings. The van der Waals surface area contributed by atoms with Gasteiger partial charge in [0, 0.05) is 30.4 Å². The molecule has 9 nitrogen and oxygen atoms in total. The lowest BCUT2D eigenvalue weighted by Gasteiger charge is -2.25. The molecule has 1 atom stereocenters. The van der Waals surface area contributed by atoms with Crippen molar-refractivity contribution in [3.8, 4) is 28.1 Å². The molecule has 1 heterocycles. The van der Waals surface area contributed by atoms with Gasteiger partial charge in [-0.05, 0) is 64.8 Å². The first-order valence-corrected chi connectivity index (χ1v) is 13.8. The SMILES string of the molecule is Cn1nc(C(F)(F)C(N)=O)cc1-c1ccc(-c2cccc([S+](C)[O-])c2)cc1N(N)/C(=C\N)c1ccc(OC(F)(F)F)cc1. The molecule has 0 radical (unpaired) electrons. The van der Waals surface area contributed by atoms with Gasteiger partial charge in [-0.3, -0.25) is 14.5 Å². The van der Waals surface area contributed by atoms with Crippen molar-refractivity contribution in [2.24, 2.45) is 24.4 Å². The van der Waals surface area contributed by atoms with Crippen molar-refractivity contribution in [1.29, 1.82) is 0 Å². The molecule has 1 aromatic heterocycles. The normalized spacial score (nSPS) is 13.1. The Kier molecular flexibility index (Phi) is 8.71. The van der Waals surface area contributed by atoms with E-state index in [4.69, 9.17) is 17.3 Å². The standard InChI is InChI=1S/C28H25F5N6O3S/c1-38-22(14-25(37-38)27(29,30)26(35)40)21-11-8-18(17-4-3-5-20(12-17)43(2)41)13-23(21)39(36)24(15-34)16-6-9-19(10-7-16)42-28(31,32)33/h3-15H,34,36H2,1-2H3,(H2,35,40)/b24-15-. The van der Waals surface area contributed by atoms with Crippen molar-refractivity contribution in [3.63, 3.8) is 0 Å². The first-order valence-electron chi connectivity index (χ1n) is 12.3. The summed E-state index contributed by atoms with van der Waals surface area (Å²) >= 11 is -1.28. The Labute approximate surface area is 245 Å². The number of aromatic nitrogens is 2. The van der Waals surface area contributed by atoms with Gasteiger partial charge in [0.25, 0.3) is 5.91 Å². The number of benzene rings is 3. The number of carbonyl (C=O) groups excluding carboxylic acids is 1. The fourth-order valence-corrected chi connectivity index (χ4v) is 4.82. The topological polar surface area (TPSA) is 148 Å². The Morgan fingerprint density at radius 1 is 1.02 bits per heavy atom. The zero-order valence-electron chi connectivity index (χ0n) is 22.6. The highest BCUT2D eigenvalue weighted by atomic mass is 32.2. The highest BCUT2D eigenvalue weighted by molar-refractivity contribution is 7.90. The number of nitrogens with zero attached hydrogens (tertiary/aromatic N) is 3. The molecule has 1 unspecified atom stereocenters. The number of carbonyl (C=O) groups is 1. The Hall–Kier alpha value is -4.60. The minimum Gasteiger partial charge on any atom is -0.612 e. The lowest BCUT2D eigenvalue weighted by molar-refractivity contribution is -0.274. The fourth-order valence-electron chi connectivity index (χ4n) is 4.25. The lowest BCUT2D eigenvalue weighted by atomic mass is 9.99. The molecule has 15 heteroatoms. The summed E-state index contributed by atoms with van der Waals surface area (Å²) in [5.74, 6) is 0.141. The van der Waals surface area contributed by atoms with Crippen LogP contribution >= 0.6 is 0 Å². The number of amides is 1. The van der Waals surface area contributed by atoms with E-state index < -0.39 is 40.8 Å². The number of hydrogen-bond donors (Lipinski definition) is 3. The average Bonchev–Trinajstić information content (AvgIpc) is 3.35. The smallest absolute Gasteiger partial charge is 0.573 e. The first kappa shape index (κ1) is 31.3. The van der Waals surface area contributed by atoms with E-state index in [0.29, 0.717) is 21.6 Å². The van der Waals surface area contributed by atoms with Gasteiger partial charge < -0.3 is 20.8 Å². The number of nitrogens with two attached hydrogens (primary N) is 3. The van der Waals surface area contributed by atoms with E-state index in [2.05, 4.69) is 9.84 Å². The number of rotatable bonds is 9. The van der Waals surface area contributed by atoms with Crippen LogP contribution < -0.4 is 27.1 Å². The van der Waals surface area contributed by atoms with Crippen molar-refractivity contribution >= 4 is 28.5 Å². The number of hydrazine groups is 1. The monoisotopic (exact) mass is 620 g/mol. The maximum Gasteiger partial charge on any atom is 0.573 e. The molecule has 43 heavy (non-hydrogen) atoms. The van der Waals surface area contributed by atoms with E-state index in [-0.39, 0.29) is 22.6 Å². The summed E-state index contributed by atoms with van der Waals surface area (Å²) in [4.78, 5) is 12.0. The van der Waals surface area contributed by atoms with Crippen LogP contribution in [0.3, 0.4) is 0 Å². The van der Waals surface area contributed by atoms with Crippen LogP contribution in [0.25, 0.3) is 28.1 Å². The number of alkyl halides is 5. The van der Waals surface area contributed by atoms with E-state index in [9.17, 15) is 31.3 Å². The Morgan fingerprint density at radius 2 is 1.67 bits per heavy atom. The van der Waals surface area contributed by atoms with Gasteiger partial charge in [-0.15, -0.1) is 13.2 Å². The third-order valence-corrected chi connectivity index (χ3v) is 7.26. The molecular weight excluding hydrogens is 595 g/mol. The van der Waals surface area contributed by atoms with E-state index >= 15 is 0 Å². The molecule has 0 fully saturated rings. The lowest BCUT2D eigenvalue weighted by Crippen LogP contribution is -2.33. The third kappa shape index (κ3) is 6.74. The summed E-state index contributed by atoms with van der Waals surface area (Å²) in [5.41, 5.74) is 12.2. The predicted molar refractivity (Wildman–Crippen MR) is 151 cm³/mol. The van der Waals surface area contributed by atoms with Crippen molar-refractivity contribution in [3.05, 3.63) is 90.3 Å².